The molecule has 26 heavy (non-hydrogen) atoms. The summed E-state index contributed by atoms with van der Waals surface area (Å²) in [6, 6.07) is 20.7. The van der Waals surface area contributed by atoms with Gasteiger partial charge in [0.2, 0.25) is 5.91 Å². The molecule has 3 atom stereocenters. The zero-order valence-electron chi connectivity index (χ0n) is 15.8. The molecule has 2 aromatic carbocycles. The monoisotopic (exact) mass is 349 g/mol. The van der Waals surface area contributed by atoms with Crippen molar-refractivity contribution < 1.29 is 9.53 Å². The summed E-state index contributed by atoms with van der Waals surface area (Å²) < 4.78 is 6.43. The molecule has 1 amide bonds. The molecule has 2 saturated heterocycles. The van der Waals surface area contributed by atoms with E-state index in [1.54, 1.807) is 0 Å². The quantitative estimate of drug-likeness (QED) is 0.820. The number of hydrogen-bond acceptors (Lipinski definition) is 2. The highest BCUT2D eigenvalue weighted by molar-refractivity contribution is 5.87. The van der Waals surface area contributed by atoms with Gasteiger partial charge in [-0.1, -0.05) is 81.4 Å². The fraction of sp³-hybridized carbons (Fsp3) is 0.435. The predicted octanol–water partition coefficient (Wildman–Crippen LogP) is 4.38. The largest absolute Gasteiger partial charge is 0.349 e. The molecule has 4 rings (SSSR count). The molecule has 0 bridgehead atoms. The Morgan fingerprint density at radius 2 is 1.69 bits per heavy atom. The van der Waals surface area contributed by atoms with Gasteiger partial charge in [0.1, 0.15) is 0 Å². The summed E-state index contributed by atoms with van der Waals surface area (Å²) in [7, 11) is 0. The molecule has 0 radical (unpaired) electrons. The van der Waals surface area contributed by atoms with Crippen LogP contribution in [0.1, 0.15) is 38.3 Å². The van der Waals surface area contributed by atoms with Crippen molar-refractivity contribution in [1.29, 1.82) is 0 Å². The van der Waals surface area contributed by atoms with Crippen LogP contribution in [-0.2, 0) is 21.7 Å². The highest BCUT2D eigenvalue weighted by Gasteiger charge is 2.64. The van der Waals surface area contributed by atoms with Crippen LogP contribution in [0.2, 0.25) is 0 Å². The maximum absolute atomic E-state index is 13.7. The number of hydrogen-bond donors (Lipinski definition) is 0. The predicted molar refractivity (Wildman–Crippen MR) is 102 cm³/mol. The summed E-state index contributed by atoms with van der Waals surface area (Å²) in [6.45, 7) is 7.07. The second kappa shape index (κ2) is 6.24. The smallest absolute Gasteiger partial charge is 0.231 e. The van der Waals surface area contributed by atoms with E-state index < -0.39 is 11.1 Å². The molecule has 0 aromatic heterocycles. The Hall–Kier alpha value is -2.13. The lowest BCUT2D eigenvalue weighted by Crippen LogP contribution is -2.46. The number of carbonyl (C=O) groups excluding carboxylic acids is 1. The average Bonchev–Trinajstić information content (AvgIpc) is 3.11. The van der Waals surface area contributed by atoms with E-state index in [0.29, 0.717) is 18.9 Å². The lowest BCUT2D eigenvalue weighted by molar-refractivity contribution is -0.143. The minimum atomic E-state index is -0.628. The Labute approximate surface area is 156 Å². The normalized spacial score (nSPS) is 30.8. The first-order valence-corrected chi connectivity index (χ1v) is 9.53. The zero-order valence-corrected chi connectivity index (χ0v) is 15.8. The molecule has 0 aliphatic carbocycles. The Morgan fingerprint density at radius 3 is 2.31 bits per heavy atom. The minimum absolute atomic E-state index is 0.125. The SMILES string of the molecule is CC(C)[C@H]1CO[C@]2(c3ccccc3)C[C@](C)(Cc3ccccc3)C(=O)N12. The summed E-state index contributed by atoms with van der Waals surface area (Å²) in [4.78, 5) is 15.7. The van der Waals surface area contributed by atoms with Gasteiger partial charge >= 0.3 is 0 Å². The number of carbonyl (C=O) groups is 1. The number of benzene rings is 2. The van der Waals surface area contributed by atoms with Gasteiger partial charge in [0.15, 0.2) is 5.72 Å². The Morgan fingerprint density at radius 1 is 1.08 bits per heavy atom. The molecule has 2 fully saturated rings. The van der Waals surface area contributed by atoms with Crippen molar-refractivity contribution in [2.24, 2.45) is 11.3 Å². The van der Waals surface area contributed by atoms with E-state index in [0.717, 1.165) is 12.0 Å². The molecule has 2 heterocycles. The highest BCUT2D eigenvalue weighted by atomic mass is 16.5. The van der Waals surface area contributed by atoms with Crippen LogP contribution in [0.15, 0.2) is 60.7 Å². The van der Waals surface area contributed by atoms with E-state index in [2.05, 4.69) is 49.9 Å². The topological polar surface area (TPSA) is 29.5 Å². The van der Waals surface area contributed by atoms with Gasteiger partial charge in [-0.15, -0.1) is 0 Å². The van der Waals surface area contributed by atoms with E-state index in [1.165, 1.54) is 5.56 Å². The van der Waals surface area contributed by atoms with Gasteiger partial charge in [0.25, 0.3) is 0 Å². The van der Waals surface area contributed by atoms with Crippen molar-refractivity contribution in [3.63, 3.8) is 0 Å². The van der Waals surface area contributed by atoms with Crippen molar-refractivity contribution in [3.05, 3.63) is 71.8 Å². The molecule has 0 saturated carbocycles. The number of amides is 1. The van der Waals surface area contributed by atoms with Gasteiger partial charge in [-0.05, 0) is 17.9 Å². The van der Waals surface area contributed by atoms with Crippen molar-refractivity contribution >= 4 is 5.91 Å². The van der Waals surface area contributed by atoms with Gasteiger partial charge in [0.05, 0.1) is 18.1 Å². The van der Waals surface area contributed by atoms with E-state index in [4.69, 9.17) is 4.74 Å². The van der Waals surface area contributed by atoms with E-state index in [1.807, 2.05) is 36.4 Å². The molecule has 0 spiro atoms. The third-order valence-electron chi connectivity index (χ3n) is 6.01. The minimum Gasteiger partial charge on any atom is -0.349 e. The van der Waals surface area contributed by atoms with Gasteiger partial charge < -0.3 is 9.64 Å². The molecule has 3 nitrogen and oxygen atoms in total. The van der Waals surface area contributed by atoms with Gasteiger partial charge in [-0.2, -0.15) is 0 Å². The average molecular weight is 349 g/mol. The van der Waals surface area contributed by atoms with Crippen molar-refractivity contribution in [2.75, 3.05) is 6.61 Å². The van der Waals surface area contributed by atoms with Crippen LogP contribution in [-0.4, -0.2) is 23.5 Å². The van der Waals surface area contributed by atoms with Gasteiger partial charge in [-0.25, -0.2) is 0 Å². The van der Waals surface area contributed by atoms with Crippen LogP contribution >= 0.6 is 0 Å². The second-order valence-electron chi connectivity index (χ2n) is 8.35. The molecular formula is C23H27NO2. The number of nitrogens with zero attached hydrogens (tertiary/aromatic N) is 1. The molecule has 136 valence electrons. The summed E-state index contributed by atoms with van der Waals surface area (Å²) in [5.74, 6) is 0.588. The van der Waals surface area contributed by atoms with Crippen LogP contribution in [0.3, 0.4) is 0 Å². The molecule has 0 unspecified atom stereocenters. The summed E-state index contributed by atoms with van der Waals surface area (Å²) in [6.07, 6.45) is 1.44. The molecule has 2 aliphatic heterocycles. The standard InChI is InChI=1S/C23H27NO2/c1-17(2)20-15-26-23(19-12-8-5-9-13-19)16-22(3,21(25)24(20)23)14-18-10-6-4-7-11-18/h4-13,17,20H,14-16H2,1-3H3/t20-,22+,23+/m1/s1. The number of fused-ring (bicyclic) bond motifs is 1. The van der Waals surface area contributed by atoms with Crippen LogP contribution in [0.25, 0.3) is 0 Å². The Bertz CT molecular complexity index is 788. The van der Waals surface area contributed by atoms with E-state index in [-0.39, 0.29) is 11.9 Å². The first-order chi connectivity index (χ1) is 12.5. The highest BCUT2D eigenvalue weighted by Crippen LogP contribution is 2.55. The van der Waals surface area contributed by atoms with Gasteiger partial charge in [0, 0.05) is 12.0 Å². The summed E-state index contributed by atoms with van der Waals surface area (Å²) in [5.41, 5.74) is 1.21. The molecule has 0 N–H and O–H groups in total. The third kappa shape index (κ3) is 2.57. The maximum Gasteiger partial charge on any atom is 0.231 e. The zero-order chi connectivity index (χ0) is 18.4. The van der Waals surface area contributed by atoms with Crippen LogP contribution in [0.4, 0.5) is 0 Å². The molecule has 3 heteroatoms. The van der Waals surface area contributed by atoms with Crippen LogP contribution in [0, 0.1) is 11.3 Å². The van der Waals surface area contributed by atoms with Crippen molar-refractivity contribution in [2.45, 2.75) is 45.4 Å². The van der Waals surface area contributed by atoms with E-state index in [9.17, 15) is 4.79 Å². The van der Waals surface area contributed by atoms with Crippen LogP contribution < -0.4 is 0 Å². The van der Waals surface area contributed by atoms with E-state index >= 15 is 0 Å². The maximum atomic E-state index is 13.7. The molecular weight excluding hydrogens is 322 g/mol. The Kier molecular flexibility index (Phi) is 4.15. The lowest BCUT2D eigenvalue weighted by Gasteiger charge is -2.34. The molecule has 2 aromatic rings. The second-order valence-corrected chi connectivity index (χ2v) is 8.35. The molecule has 2 aliphatic rings. The summed E-state index contributed by atoms with van der Waals surface area (Å²) in [5, 5.41) is 0. The first-order valence-electron chi connectivity index (χ1n) is 9.53. The number of ether oxygens (including phenoxy) is 1. The fourth-order valence-electron chi connectivity index (χ4n) is 4.68. The Balaban J connectivity index is 1.77. The lowest BCUT2D eigenvalue weighted by atomic mass is 9.79. The third-order valence-corrected chi connectivity index (χ3v) is 6.01. The van der Waals surface area contributed by atoms with Crippen LogP contribution in [0.5, 0.6) is 0 Å². The number of rotatable bonds is 4. The van der Waals surface area contributed by atoms with Crippen molar-refractivity contribution in [1.82, 2.24) is 4.90 Å². The van der Waals surface area contributed by atoms with Gasteiger partial charge in [-0.3, -0.25) is 4.79 Å². The van der Waals surface area contributed by atoms with Crippen molar-refractivity contribution in [3.8, 4) is 0 Å². The first kappa shape index (κ1) is 17.3. The fourth-order valence-corrected chi connectivity index (χ4v) is 4.68. The summed E-state index contributed by atoms with van der Waals surface area (Å²) >= 11 is 0.